The Bertz CT molecular complexity index is 615. The summed E-state index contributed by atoms with van der Waals surface area (Å²) in [6, 6.07) is 5.82. The fourth-order valence-corrected chi connectivity index (χ4v) is 5.02. The predicted molar refractivity (Wildman–Crippen MR) is 96.7 cm³/mol. The van der Waals surface area contributed by atoms with Crippen LogP contribution in [0.1, 0.15) is 32.1 Å². The highest BCUT2D eigenvalue weighted by molar-refractivity contribution is 6.33. The molecule has 1 saturated heterocycles. The van der Waals surface area contributed by atoms with Gasteiger partial charge in [-0.25, -0.2) is 0 Å². The van der Waals surface area contributed by atoms with Crippen LogP contribution in [0, 0.1) is 17.8 Å². The molecule has 0 radical (unpaired) electrons. The Kier molecular flexibility index (Phi) is 4.68. The average molecular weight is 349 g/mol. The molecule has 1 aromatic carbocycles. The largest absolute Gasteiger partial charge is 0.378 e. The van der Waals surface area contributed by atoms with E-state index in [1.807, 2.05) is 18.2 Å². The van der Waals surface area contributed by atoms with Crippen LogP contribution in [-0.4, -0.2) is 32.2 Å². The second kappa shape index (κ2) is 6.93. The number of amides is 1. The van der Waals surface area contributed by atoms with Gasteiger partial charge in [0.15, 0.2) is 0 Å². The van der Waals surface area contributed by atoms with Crippen LogP contribution in [0.15, 0.2) is 18.2 Å². The number of carbonyl (C=O) groups excluding carboxylic acids is 1. The van der Waals surface area contributed by atoms with Crippen molar-refractivity contribution in [3.8, 4) is 0 Å². The minimum absolute atomic E-state index is 0.128. The lowest BCUT2D eigenvalue weighted by atomic mass is 9.86. The smallest absolute Gasteiger partial charge is 0.224 e. The number of morpholine rings is 1. The zero-order valence-electron chi connectivity index (χ0n) is 14.0. The van der Waals surface area contributed by atoms with Crippen LogP contribution in [0.3, 0.4) is 0 Å². The van der Waals surface area contributed by atoms with E-state index in [1.165, 1.54) is 25.7 Å². The van der Waals surface area contributed by atoms with Crippen molar-refractivity contribution >= 4 is 28.9 Å². The number of rotatable bonds is 4. The zero-order chi connectivity index (χ0) is 16.5. The molecule has 0 unspecified atom stereocenters. The van der Waals surface area contributed by atoms with Crippen molar-refractivity contribution < 1.29 is 9.53 Å². The summed E-state index contributed by atoms with van der Waals surface area (Å²) in [6.45, 7) is 3.18. The summed E-state index contributed by atoms with van der Waals surface area (Å²) in [5.41, 5.74) is 1.82. The van der Waals surface area contributed by atoms with Crippen LogP contribution >= 0.6 is 11.6 Å². The molecule has 0 spiro atoms. The minimum atomic E-state index is 0.128. The lowest BCUT2D eigenvalue weighted by Crippen LogP contribution is -2.36. The molecule has 1 aromatic rings. The Hall–Kier alpha value is -1.26. The number of carbonyl (C=O) groups is 1. The molecule has 2 saturated carbocycles. The van der Waals surface area contributed by atoms with Crippen molar-refractivity contribution in [2.24, 2.45) is 17.8 Å². The van der Waals surface area contributed by atoms with E-state index >= 15 is 0 Å². The molecule has 0 aromatic heterocycles. The van der Waals surface area contributed by atoms with Crippen molar-refractivity contribution in [1.82, 2.24) is 0 Å². The topological polar surface area (TPSA) is 41.6 Å². The van der Waals surface area contributed by atoms with E-state index < -0.39 is 0 Å². The van der Waals surface area contributed by atoms with Gasteiger partial charge in [0, 0.05) is 25.2 Å². The maximum Gasteiger partial charge on any atom is 0.224 e. The Morgan fingerprint density at radius 1 is 1.25 bits per heavy atom. The molecule has 1 aliphatic heterocycles. The zero-order valence-corrected chi connectivity index (χ0v) is 14.7. The number of halogens is 1. The van der Waals surface area contributed by atoms with Gasteiger partial charge in [0.1, 0.15) is 0 Å². The lowest BCUT2D eigenvalue weighted by molar-refractivity contribution is -0.117. The predicted octanol–water partition coefficient (Wildman–Crippen LogP) is 3.94. The Labute approximate surface area is 148 Å². The molecule has 130 valence electrons. The molecule has 3 atom stereocenters. The highest BCUT2D eigenvalue weighted by atomic mass is 35.5. The molecule has 5 heteroatoms. The molecular weight excluding hydrogens is 324 g/mol. The highest BCUT2D eigenvalue weighted by Gasteiger charge is 2.40. The first-order chi connectivity index (χ1) is 11.7. The Morgan fingerprint density at radius 2 is 2.08 bits per heavy atom. The second-order valence-corrected chi connectivity index (χ2v) is 7.86. The number of nitrogens with one attached hydrogen (secondary N) is 1. The third-order valence-electron chi connectivity index (χ3n) is 5.92. The molecule has 1 amide bonds. The summed E-state index contributed by atoms with van der Waals surface area (Å²) in [7, 11) is 0. The van der Waals surface area contributed by atoms with E-state index in [0.29, 0.717) is 17.4 Å². The van der Waals surface area contributed by atoms with Crippen LogP contribution in [0.5, 0.6) is 0 Å². The summed E-state index contributed by atoms with van der Waals surface area (Å²) in [5.74, 6) is 2.39. The van der Waals surface area contributed by atoms with Gasteiger partial charge in [0.2, 0.25) is 5.91 Å². The van der Waals surface area contributed by atoms with Crippen LogP contribution in [0.2, 0.25) is 5.02 Å². The molecule has 1 N–H and O–H groups in total. The average Bonchev–Trinajstić information content (AvgIpc) is 3.18. The Morgan fingerprint density at radius 3 is 2.75 bits per heavy atom. The van der Waals surface area contributed by atoms with Crippen molar-refractivity contribution in [3.63, 3.8) is 0 Å². The molecular formula is C19H25ClN2O2. The minimum Gasteiger partial charge on any atom is -0.378 e. The van der Waals surface area contributed by atoms with Gasteiger partial charge in [-0.2, -0.15) is 0 Å². The molecule has 24 heavy (non-hydrogen) atoms. The van der Waals surface area contributed by atoms with E-state index in [-0.39, 0.29) is 5.91 Å². The second-order valence-electron chi connectivity index (χ2n) is 7.45. The number of fused-ring (bicyclic) bond motifs is 2. The van der Waals surface area contributed by atoms with Gasteiger partial charge in [-0.15, -0.1) is 0 Å². The first-order valence-corrected chi connectivity index (χ1v) is 9.49. The van der Waals surface area contributed by atoms with Gasteiger partial charge in [0.25, 0.3) is 0 Å². The van der Waals surface area contributed by atoms with Crippen molar-refractivity contribution in [2.45, 2.75) is 32.1 Å². The molecule has 1 heterocycles. The summed E-state index contributed by atoms with van der Waals surface area (Å²) in [4.78, 5) is 14.6. The number of ether oxygens (including phenoxy) is 1. The number of hydrogen-bond donors (Lipinski definition) is 1. The van der Waals surface area contributed by atoms with E-state index in [2.05, 4.69) is 10.2 Å². The fourth-order valence-electron chi connectivity index (χ4n) is 4.72. The van der Waals surface area contributed by atoms with Crippen LogP contribution in [-0.2, 0) is 9.53 Å². The van der Waals surface area contributed by atoms with E-state index in [1.54, 1.807) is 0 Å². The van der Waals surface area contributed by atoms with Gasteiger partial charge in [-0.1, -0.05) is 18.0 Å². The third-order valence-corrected chi connectivity index (χ3v) is 6.22. The molecule has 4 rings (SSSR count). The number of nitrogens with zero attached hydrogens (tertiary/aromatic N) is 1. The molecule has 3 aliphatic rings. The van der Waals surface area contributed by atoms with Crippen LogP contribution in [0.4, 0.5) is 11.4 Å². The van der Waals surface area contributed by atoms with E-state index in [9.17, 15) is 4.79 Å². The summed E-state index contributed by atoms with van der Waals surface area (Å²) >= 11 is 6.43. The first kappa shape index (κ1) is 16.2. The summed E-state index contributed by atoms with van der Waals surface area (Å²) in [6.07, 6.45) is 5.95. The maximum atomic E-state index is 12.4. The third kappa shape index (κ3) is 3.40. The van der Waals surface area contributed by atoms with Gasteiger partial charge in [0.05, 0.1) is 23.9 Å². The molecule has 2 aliphatic carbocycles. The van der Waals surface area contributed by atoms with Crippen LogP contribution < -0.4 is 10.2 Å². The quantitative estimate of drug-likeness (QED) is 0.896. The fraction of sp³-hybridized carbons (Fsp3) is 0.632. The molecule has 4 nitrogen and oxygen atoms in total. The van der Waals surface area contributed by atoms with Gasteiger partial charge >= 0.3 is 0 Å². The number of hydrogen-bond acceptors (Lipinski definition) is 3. The van der Waals surface area contributed by atoms with E-state index in [0.717, 1.165) is 49.5 Å². The maximum absolute atomic E-state index is 12.4. The van der Waals surface area contributed by atoms with Gasteiger partial charge < -0.3 is 15.0 Å². The molecule has 3 fully saturated rings. The molecule has 2 bridgehead atoms. The number of benzene rings is 1. The first-order valence-electron chi connectivity index (χ1n) is 9.11. The van der Waals surface area contributed by atoms with E-state index in [4.69, 9.17) is 16.3 Å². The lowest BCUT2D eigenvalue weighted by Gasteiger charge is -2.29. The standard InChI is InChI=1S/C19H25ClN2O2/c20-17-12-16(3-4-18(17)22-5-7-24-8-6-22)21-19(23)11-15-10-13-1-2-14(15)9-13/h3-4,12-15H,1-2,5-11H2,(H,21,23)/t13-,14-,15-/m0/s1. The van der Waals surface area contributed by atoms with Gasteiger partial charge in [-0.05, 0) is 55.2 Å². The normalized spacial score (nSPS) is 29.0. The van der Waals surface area contributed by atoms with Crippen molar-refractivity contribution in [3.05, 3.63) is 23.2 Å². The number of anilines is 2. The monoisotopic (exact) mass is 348 g/mol. The SMILES string of the molecule is O=C(C[C@@H]1C[C@H]2CC[C@H]1C2)Nc1ccc(N2CCOCC2)c(Cl)c1. The summed E-state index contributed by atoms with van der Waals surface area (Å²) < 4.78 is 5.38. The van der Waals surface area contributed by atoms with Crippen LogP contribution in [0.25, 0.3) is 0 Å². The highest BCUT2D eigenvalue weighted by Crippen LogP contribution is 2.49. The van der Waals surface area contributed by atoms with Crippen molar-refractivity contribution in [2.75, 3.05) is 36.5 Å². The van der Waals surface area contributed by atoms with Crippen molar-refractivity contribution in [1.29, 1.82) is 0 Å². The summed E-state index contributed by atoms with van der Waals surface area (Å²) in [5, 5.41) is 3.72. The van der Waals surface area contributed by atoms with Gasteiger partial charge in [-0.3, -0.25) is 4.79 Å². The Balaban J connectivity index is 1.36.